The smallest absolute Gasteiger partial charge is 0.187 e. The Morgan fingerprint density at radius 1 is 1.00 bits per heavy atom. The first-order chi connectivity index (χ1) is 14.8. The predicted molar refractivity (Wildman–Crippen MR) is 124 cm³/mol. The van der Waals surface area contributed by atoms with Crippen molar-refractivity contribution in [1.82, 2.24) is 15.0 Å². The number of hydrogen-bond acceptors (Lipinski definition) is 8. The van der Waals surface area contributed by atoms with Crippen molar-refractivity contribution in [1.29, 1.82) is 0 Å². The number of hydrogen-bond donors (Lipinski definition) is 1. The first-order valence-corrected chi connectivity index (χ1v) is 11.5. The summed E-state index contributed by atoms with van der Waals surface area (Å²) < 4.78 is 5.43. The molecule has 1 N–H and O–H groups in total. The lowest BCUT2D eigenvalue weighted by Crippen LogP contribution is -2.36. The van der Waals surface area contributed by atoms with Crippen LogP contribution in [0.1, 0.15) is 4.88 Å². The van der Waals surface area contributed by atoms with Crippen LogP contribution in [0.3, 0.4) is 0 Å². The van der Waals surface area contributed by atoms with Crippen LogP contribution in [0, 0.1) is 6.92 Å². The van der Waals surface area contributed by atoms with Crippen LogP contribution in [0.5, 0.6) is 0 Å². The molecule has 1 aliphatic heterocycles. The number of nitrogens with zero attached hydrogens (tertiary/aromatic N) is 4. The summed E-state index contributed by atoms with van der Waals surface area (Å²) in [6, 6.07) is 12.5. The van der Waals surface area contributed by atoms with Crippen molar-refractivity contribution in [3.05, 3.63) is 59.0 Å². The van der Waals surface area contributed by atoms with E-state index in [1.54, 1.807) is 35.1 Å². The molecule has 4 aromatic rings. The molecule has 1 saturated heterocycles. The highest BCUT2D eigenvalue weighted by molar-refractivity contribution is 7.17. The van der Waals surface area contributed by atoms with Gasteiger partial charge in [0.1, 0.15) is 10.7 Å². The van der Waals surface area contributed by atoms with Gasteiger partial charge in [-0.15, -0.1) is 22.7 Å². The Bertz CT molecular complexity index is 1120. The van der Waals surface area contributed by atoms with Crippen LogP contribution in [0.2, 0.25) is 0 Å². The van der Waals surface area contributed by atoms with Crippen molar-refractivity contribution in [2.24, 2.45) is 0 Å². The van der Waals surface area contributed by atoms with Gasteiger partial charge in [-0.1, -0.05) is 0 Å². The normalized spacial score (nSPS) is 14.1. The minimum atomic E-state index is 0.793. The summed E-state index contributed by atoms with van der Waals surface area (Å²) in [6.45, 7) is 5.56. The van der Waals surface area contributed by atoms with E-state index in [9.17, 15) is 0 Å². The lowest BCUT2D eigenvalue weighted by atomic mass is 10.2. The summed E-state index contributed by atoms with van der Waals surface area (Å²) in [5.41, 5.74) is 5.24. The maximum Gasteiger partial charge on any atom is 0.187 e. The minimum absolute atomic E-state index is 0.793. The molecule has 0 amide bonds. The Morgan fingerprint density at radius 3 is 2.53 bits per heavy atom. The SMILES string of the molecule is Cc1sc(-c2csc(Nc3ccc(N4CCOCC4)cc3)n2)nc1-c1ccncc1. The van der Waals surface area contributed by atoms with Crippen LogP contribution in [0.25, 0.3) is 22.0 Å². The van der Waals surface area contributed by atoms with E-state index in [0.717, 1.165) is 59.1 Å². The molecule has 0 bridgehead atoms. The fraction of sp³-hybridized carbons (Fsp3) is 0.227. The van der Waals surface area contributed by atoms with E-state index >= 15 is 0 Å². The van der Waals surface area contributed by atoms with E-state index in [4.69, 9.17) is 14.7 Å². The third kappa shape index (κ3) is 4.07. The zero-order valence-corrected chi connectivity index (χ0v) is 18.2. The average Bonchev–Trinajstić information content (AvgIpc) is 3.42. The molecule has 0 spiro atoms. The summed E-state index contributed by atoms with van der Waals surface area (Å²) in [6.07, 6.45) is 3.59. The second-order valence-electron chi connectivity index (χ2n) is 6.97. The average molecular weight is 436 g/mol. The number of rotatable bonds is 5. The van der Waals surface area contributed by atoms with Crippen LogP contribution in [-0.2, 0) is 4.74 Å². The molecule has 3 aromatic heterocycles. The van der Waals surface area contributed by atoms with E-state index in [2.05, 4.69) is 51.8 Å². The number of morpholine rings is 1. The fourth-order valence-corrected chi connectivity index (χ4v) is 5.10. The lowest BCUT2D eigenvalue weighted by molar-refractivity contribution is 0.122. The van der Waals surface area contributed by atoms with Crippen molar-refractivity contribution < 1.29 is 4.74 Å². The number of ether oxygens (including phenoxy) is 1. The third-order valence-corrected chi connectivity index (χ3v) is 6.72. The number of nitrogens with one attached hydrogen (secondary N) is 1. The maximum absolute atomic E-state index is 5.43. The number of anilines is 3. The molecule has 1 aliphatic rings. The molecular weight excluding hydrogens is 414 g/mol. The van der Waals surface area contributed by atoms with Gasteiger partial charge in [0.05, 0.1) is 18.9 Å². The van der Waals surface area contributed by atoms with Crippen LogP contribution < -0.4 is 10.2 Å². The molecule has 6 nitrogen and oxygen atoms in total. The van der Waals surface area contributed by atoms with Crippen molar-refractivity contribution in [3.63, 3.8) is 0 Å². The molecular formula is C22H21N5OS2. The van der Waals surface area contributed by atoms with Gasteiger partial charge in [-0.3, -0.25) is 4.98 Å². The topological polar surface area (TPSA) is 63.2 Å². The van der Waals surface area contributed by atoms with E-state index in [1.165, 1.54) is 10.6 Å². The Kier molecular flexibility index (Phi) is 5.44. The summed E-state index contributed by atoms with van der Waals surface area (Å²) in [5, 5.41) is 7.26. The molecule has 4 heterocycles. The standard InChI is InChI=1S/C22H21N5OS2/c1-15-20(16-6-8-23-9-7-16)26-21(30-15)19-14-29-22(25-19)24-17-2-4-18(5-3-17)27-10-12-28-13-11-27/h2-9,14H,10-13H2,1H3,(H,24,25). The van der Waals surface area contributed by atoms with Gasteiger partial charge in [-0.25, -0.2) is 9.97 Å². The second kappa shape index (κ2) is 8.51. The molecule has 30 heavy (non-hydrogen) atoms. The molecule has 0 aliphatic carbocycles. The third-order valence-electron chi connectivity index (χ3n) is 4.97. The van der Waals surface area contributed by atoms with E-state index in [1.807, 2.05) is 12.1 Å². The summed E-state index contributed by atoms with van der Waals surface area (Å²) >= 11 is 3.26. The van der Waals surface area contributed by atoms with Gasteiger partial charge in [0.15, 0.2) is 5.13 Å². The van der Waals surface area contributed by atoms with Crippen molar-refractivity contribution in [2.75, 3.05) is 36.5 Å². The first-order valence-electron chi connectivity index (χ1n) is 9.80. The molecule has 0 unspecified atom stereocenters. The van der Waals surface area contributed by atoms with E-state index < -0.39 is 0 Å². The maximum atomic E-state index is 5.43. The highest BCUT2D eigenvalue weighted by Gasteiger charge is 2.14. The zero-order valence-electron chi connectivity index (χ0n) is 16.5. The monoisotopic (exact) mass is 435 g/mol. The Morgan fingerprint density at radius 2 is 1.77 bits per heavy atom. The number of aryl methyl sites for hydroxylation is 1. The molecule has 5 rings (SSSR count). The second-order valence-corrected chi connectivity index (χ2v) is 9.03. The number of benzene rings is 1. The van der Waals surface area contributed by atoms with Crippen LogP contribution in [0.4, 0.5) is 16.5 Å². The van der Waals surface area contributed by atoms with Crippen LogP contribution in [-0.4, -0.2) is 41.3 Å². The van der Waals surface area contributed by atoms with E-state index in [-0.39, 0.29) is 0 Å². The van der Waals surface area contributed by atoms with Gasteiger partial charge < -0.3 is 15.0 Å². The number of aromatic nitrogens is 3. The van der Waals surface area contributed by atoms with Gasteiger partial charge in [-0.05, 0) is 43.3 Å². The summed E-state index contributed by atoms with van der Waals surface area (Å²) in [5.74, 6) is 0. The molecule has 1 aromatic carbocycles. The minimum Gasteiger partial charge on any atom is -0.378 e. The van der Waals surface area contributed by atoms with Gasteiger partial charge in [-0.2, -0.15) is 0 Å². The Labute approximate surface area is 183 Å². The van der Waals surface area contributed by atoms with Crippen LogP contribution in [0.15, 0.2) is 54.2 Å². The molecule has 8 heteroatoms. The summed E-state index contributed by atoms with van der Waals surface area (Å²) in [7, 11) is 0. The zero-order chi connectivity index (χ0) is 20.3. The molecule has 0 saturated carbocycles. The van der Waals surface area contributed by atoms with Crippen molar-refractivity contribution >= 4 is 39.2 Å². The van der Waals surface area contributed by atoms with Gasteiger partial charge in [0.25, 0.3) is 0 Å². The highest BCUT2D eigenvalue weighted by Crippen LogP contribution is 2.35. The summed E-state index contributed by atoms with van der Waals surface area (Å²) in [4.78, 5) is 17.2. The van der Waals surface area contributed by atoms with Gasteiger partial charge in [0, 0.05) is 52.7 Å². The lowest BCUT2D eigenvalue weighted by Gasteiger charge is -2.28. The quantitative estimate of drug-likeness (QED) is 0.464. The Balaban J connectivity index is 1.30. The molecule has 0 radical (unpaired) electrons. The predicted octanol–water partition coefficient (Wildman–Crippen LogP) is 5.22. The Hall–Kier alpha value is -2.81. The molecule has 0 atom stereocenters. The largest absolute Gasteiger partial charge is 0.378 e. The highest BCUT2D eigenvalue weighted by atomic mass is 32.1. The van der Waals surface area contributed by atoms with Crippen molar-refractivity contribution in [3.8, 4) is 22.0 Å². The first kappa shape index (κ1) is 19.2. The number of pyridine rings is 1. The van der Waals surface area contributed by atoms with Gasteiger partial charge >= 0.3 is 0 Å². The van der Waals surface area contributed by atoms with Gasteiger partial charge in [0.2, 0.25) is 0 Å². The van der Waals surface area contributed by atoms with E-state index in [0.29, 0.717) is 0 Å². The van der Waals surface area contributed by atoms with Crippen molar-refractivity contribution in [2.45, 2.75) is 6.92 Å². The molecule has 152 valence electrons. The van der Waals surface area contributed by atoms with Crippen LogP contribution >= 0.6 is 22.7 Å². The molecule has 1 fully saturated rings. The fourth-order valence-electron chi connectivity index (χ4n) is 3.41. The number of thiazole rings is 2.